The number of aliphatic carboxylic acids is 1. The van der Waals surface area contributed by atoms with Crippen LogP contribution in [0.3, 0.4) is 0 Å². The molecule has 0 saturated carbocycles. The molecule has 0 unspecified atom stereocenters. The molecule has 0 aliphatic carbocycles. The number of rotatable bonds is 7. The maximum Gasteiger partial charge on any atom is 0.413 e. The Morgan fingerprint density at radius 3 is 2.70 bits per heavy atom. The van der Waals surface area contributed by atoms with Crippen LogP contribution in [0, 0.1) is 0 Å². The van der Waals surface area contributed by atoms with Gasteiger partial charge in [0.05, 0.1) is 12.1 Å². The Kier molecular flexibility index (Phi) is 5.93. The van der Waals surface area contributed by atoms with Gasteiger partial charge in [0.2, 0.25) is 0 Å². The first-order valence-corrected chi connectivity index (χ1v) is 7.83. The number of benzene rings is 1. The monoisotopic (exact) mass is 335 g/mol. The number of ether oxygens (including phenoxy) is 1. The minimum atomic E-state index is -0.979. The van der Waals surface area contributed by atoms with Crippen LogP contribution in [0.25, 0.3) is 0 Å². The summed E-state index contributed by atoms with van der Waals surface area (Å²) in [6.45, 7) is 2.68. The maximum absolute atomic E-state index is 11.8. The van der Waals surface area contributed by atoms with Crippen LogP contribution in [0.15, 0.2) is 30.3 Å². The number of carbonyl (C=O) groups is 2. The highest BCUT2D eigenvalue weighted by Crippen LogP contribution is 2.29. The van der Waals surface area contributed by atoms with Crippen LogP contribution in [0.2, 0.25) is 0 Å². The van der Waals surface area contributed by atoms with E-state index in [-0.39, 0.29) is 13.0 Å². The molecule has 0 spiro atoms. The molecule has 0 aliphatic heterocycles. The summed E-state index contributed by atoms with van der Waals surface area (Å²) in [5, 5.41) is 15.4. The zero-order chi connectivity index (χ0) is 16.7. The fourth-order valence-electron chi connectivity index (χ4n) is 1.81. The van der Waals surface area contributed by atoms with Crippen LogP contribution in [0.1, 0.15) is 18.2 Å². The smallest absolute Gasteiger partial charge is 0.413 e. The Labute approximate surface area is 137 Å². The van der Waals surface area contributed by atoms with Crippen molar-refractivity contribution in [2.75, 3.05) is 17.2 Å². The predicted molar refractivity (Wildman–Crippen MR) is 87.9 cm³/mol. The van der Waals surface area contributed by atoms with Crippen molar-refractivity contribution in [1.29, 1.82) is 0 Å². The number of carboxylic acids is 1. The Balaban J connectivity index is 1.95. The van der Waals surface area contributed by atoms with Crippen LogP contribution in [-0.4, -0.2) is 28.7 Å². The largest absolute Gasteiger partial charge is 0.481 e. The van der Waals surface area contributed by atoms with Crippen LogP contribution in [-0.2, 0) is 22.6 Å². The molecule has 2 rings (SSSR count). The summed E-state index contributed by atoms with van der Waals surface area (Å²) in [7, 11) is 0. The molecule has 7 nitrogen and oxygen atoms in total. The van der Waals surface area contributed by atoms with E-state index in [0.717, 1.165) is 5.56 Å². The summed E-state index contributed by atoms with van der Waals surface area (Å²) < 4.78 is 5.10. The van der Waals surface area contributed by atoms with E-state index in [1.807, 2.05) is 37.3 Å². The molecule has 0 fully saturated rings. The van der Waals surface area contributed by atoms with Gasteiger partial charge in [0.25, 0.3) is 0 Å². The molecule has 0 saturated heterocycles. The van der Waals surface area contributed by atoms with Gasteiger partial charge in [0.15, 0.2) is 5.13 Å². The fraction of sp³-hybridized carbons (Fsp3) is 0.267. The number of amides is 1. The minimum Gasteiger partial charge on any atom is -0.481 e. The van der Waals surface area contributed by atoms with Crippen LogP contribution in [0.5, 0.6) is 0 Å². The SMILES string of the molecule is CCNc1sc(NC(=O)OCc2ccccc2)nc1CC(=O)O. The zero-order valence-electron chi connectivity index (χ0n) is 12.5. The van der Waals surface area contributed by atoms with E-state index < -0.39 is 12.1 Å². The summed E-state index contributed by atoms with van der Waals surface area (Å²) in [6.07, 6.45) is -0.841. The second-order valence-corrected chi connectivity index (χ2v) is 5.58. The molecule has 0 atom stereocenters. The van der Waals surface area contributed by atoms with Crippen molar-refractivity contribution in [2.24, 2.45) is 0 Å². The number of carbonyl (C=O) groups excluding carboxylic acids is 1. The molecule has 2 aromatic rings. The van der Waals surface area contributed by atoms with Crippen molar-refractivity contribution in [3.8, 4) is 0 Å². The molecular weight excluding hydrogens is 318 g/mol. The normalized spacial score (nSPS) is 10.1. The minimum absolute atomic E-state index is 0.153. The number of nitrogens with one attached hydrogen (secondary N) is 2. The van der Waals surface area contributed by atoms with E-state index in [9.17, 15) is 9.59 Å². The lowest BCUT2D eigenvalue weighted by atomic mass is 10.2. The number of nitrogens with zero attached hydrogens (tertiary/aromatic N) is 1. The molecule has 0 bridgehead atoms. The molecular formula is C15H17N3O4S. The first-order valence-electron chi connectivity index (χ1n) is 7.01. The lowest BCUT2D eigenvalue weighted by molar-refractivity contribution is -0.136. The Hall–Kier alpha value is -2.61. The molecule has 1 heterocycles. The van der Waals surface area contributed by atoms with Gasteiger partial charge in [-0.1, -0.05) is 41.7 Å². The van der Waals surface area contributed by atoms with Crippen molar-refractivity contribution in [3.63, 3.8) is 0 Å². The fourth-order valence-corrected chi connectivity index (χ4v) is 2.75. The van der Waals surface area contributed by atoms with Gasteiger partial charge >= 0.3 is 12.1 Å². The quantitative estimate of drug-likeness (QED) is 0.719. The molecule has 122 valence electrons. The molecule has 1 aromatic carbocycles. The molecule has 1 amide bonds. The van der Waals surface area contributed by atoms with Crippen LogP contribution >= 0.6 is 11.3 Å². The molecule has 3 N–H and O–H groups in total. The summed E-state index contributed by atoms with van der Waals surface area (Å²) in [5.74, 6) is -0.979. The van der Waals surface area contributed by atoms with Gasteiger partial charge in [0.1, 0.15) is 11.6 Å². The van der Waals surface area contributed by atoms with Crippen molar-refractivity contribution in [1.82, 2.24) is 4.98 Å². The Morgan fingerprint density at radius 2 is 2.04 bits per heavy atom. The number of anilines is 2. The van der Waals surface area contributed by atoms with E-state index in [4.69, 9.17) is 9.84 Å². The first-order chi connectivity index (χ1) is 11.1. The lowest BCUT2D eigenvalue weighted by Crippen LogP contribution is -2.13. The van der Waals surface area contributed by atoms with Gasteiger partial charge in [0, 0.05) is 6.54 Å². The van der Waals surface area contributed by atoms with Gasteiger partial charge in [-0.25, -0.2) is 9.78 Å². The van der Waals surface area contributed by atoms with Gasteiger partial charge in [-0.05, 0) is 12.5 Å². The summed E-state index contributed by atoms with van der Waals surface area (Å²) in [6, 6.07) is 9.30. The molecule has 23 heavy (non-hydrogen) atoms. The van der Waals surface area contributed by atoms with Crippen molar-refractivity contribution < 1.29 is 19.4 Å². The number of aromatic nitrogens is 1. The average molecular weight is 335 g/mol. The average Bonchev–Trinajstić information content (AvgIpc) is 2.87. The van der Waals surface area contributed by atoms with E-state index in [1.54, 1.807) is 0 Å². The molecule has 8 heteroatoms. The highest BCUT2D eigenvalue weighted by atomic mass is 32.1. The maximum atomic E-state index is 11.8. The van der Waals surface area contributed by atoms with Crippen molar-refractivity contribution in [3.05, 3.63) is 41.6 Å². The highest BCUT2D eigenvalue weighted by molar-refractivity contribution is 7.19. The summed E-state index contributed by atoms with van der Waals surface area (Å²) >= 11 is 1.18. The Bertz CT molecular complexity index is 673. The number of thiazole rings is 1. The van der Waals surface area contributed by atoms with Crippen LogP contribution < -0.4 is 10.6 Å². The lowest BCUT2D eigenvalue weighted by Gasteiger charge is -2.04. The van der Waals surface area contributed by atoms with Crippen molar-refractivity contribution in [2.45, 2.75) is 20.0 Å². The standard InChI is InChI=1S/C15H17N3O4S/c1-2-16-13-11(8-12(19)20)17-14(23-13)18-15(21)22-9-10-6-4-3-5-7-10/h3-7,16H,2,8-9H2,1H3,(H,19,20)(H,17,18,21). The van der Waals surface area contributed by atoms with Gasteiger partial charge in [-0.2, -0.15) is 0 Å². The first kappa shape index (κ1) is 16.8. The van der Waals surface area contributed by atoms with Crippen molar-refractivity contribution >= 4 is 33.5 Å². The second kappa shape index (κ2) is 8.14. The van der Waals surface area contributed by atoms with E-state index in [0.29, 0.717) is 22.4 Å². The summed E-state index contributed by atoms with van der Waals surface area (Å²) in [5.41, 5.74) is 1.27. The van der Waals surface area contributed by atoms with Gasteiger partial charge in [-0.3, -0.25) is 10.1 Å². The third-order valence-electron chi connectivity index (χ3n) is 2.78. The molecule has 0 aliphatic rings. The third kappa shape index (κ3) is 5.26. The zero-order valence-corrected chi connectivity index (χ0v) is 13.4. The topological polar surface area (TPSA) is 101 Å². The molecule has 0 radical (unpaired) electrons. The number of hydrogen-bond donors (Lipinski definition) is 3. The van der Waals surface area contributed by atoms with E-state index in [2.05, 4.69) is 15.6 Å². The second-order valence-electron chi connectivity index (χ2n) is 4.58. The number of hydrogen-bond acceptors (Lipinski definition) is 6. The highest BCUT2D eigenvalue weighted by Gasteiger charge is 2.15. The van der Waals surface area contributed by atoms with E-state index >= 15 is 0 Å². The van der Waals surface area contributed by atoms with E-state index in [1.165, 1.54) is 11.3 Å². The molecule has 1 aromatic heterocycles. The predicted octanol–water partition coefficient (Wildman–Crippen LogP) is 2.95. The number of carboxylic acid groups (broad SMARTS) is 1. The third-order valence-corrected chi connectivity index (χ3v) is 3.75. The summed E-state index contributed by atoms with van der Waals surface area (Å²) in [4.78, 5) is 26.8. The Morgan fingerprint density at radius 1 is 1.30 bits per heavy atom. The van der Waals surface area contributed by atoms with Gasteiger partial charge in [-0.15, -0.1) is 0 Å². The van der Waals surface area contributed by atoms with Gasteiger partial charge < -0.3 is 15.2 Å². The van der Waals surface area contributed by atoms with Crippen LogP contribution in [0.4, 0.5) is 14.9 Å².